The van der Waals surface area contributed by atoms with Gasteiger partial charge in [0.2, 0.25) is 0 Å². The molecule has 1 spiro atoms. The van der Waals surface area contributed by atoms with Crippen molar-refractivity contribution in [3.63, 3.8) is 0 Å². The van der Waals surface area contributed by atoms with Gasteiger partial charge in [0.25, 0.3) is 0 Å². The van der Waals surface area contributed by atoms with Gasteiger partial charge in [-0.2, -0.15) is 0 Å². The summed E-state index contributed by atoms with van der Waals surface area (Å²) in [5, 5.41) is 0. The second-order valence-electron chi connectivity index (χ2n) is 5.88. The van der Waals surface area contributed by atoms with Crippen molar-refractivity contribution in [2.24, 2.45) is 28.9 Å². The summed E-state index contributed by atoms with van der Waals surface area (Å²) in [6.07, 6.45) is 8.71. The molecule has 0 unspecified atom stereocenters. The molecule has 0 aromatic heterocycles. The van der Waals surface area contributed by atoms with Crippen molar-refractivity contribution in [3.8, 4) is 0 Å². The van der Waals surface area contributed by atoms with Crippen molar-refractivity contribution in [3.05, 3.63) is 0 Å². The average Bonchev–Trinajstić information content (AvgIpc) is 2.73. The molecule has 82 valence electrons. The van der Waals surface area contributed by atoms with E-state index in [1.54, 1.807) is 0 Å². The van der Waals surface area contributed by atoms with E-state index in [1.807, 2.05) is 0 Å². The molecule has 0 saturated heterocycles. The smallest absolute Gasteiger partial charge is 0.0127 e. The molecule has 14 heavy (non-hydrogen) atoms. The predicted octanol–water partition coefficient (Wildman–Crippen LogP) is 2.97. The molecule has 0 radical (unpaired) electrons. The Morgan fingerprint density at radius 3 is 2.50 bits per heavy atom. The number of fused-ring (bicyclic) bond motifs is 3. The Morgan fingerprint density at radius 2 is 2.00 bits per heavy atom. The van der Waals surface area contributed by atoms with E-state index in [9.17, 15) is 0 Å². The lowest BCUT2D eigenvalue weighted by molar-refractivity contribution is 0.134. The minimum Gasteiger partial charge on any atom is -0.327 e. The van der Waals surface area contributed by atoms with Crippen molar-refractivity contribution < 1.29 is 0 Å². The molecule has 0 aromatic carbocycles. The van der Waals surface area contributed by atoms with Crippen LogP contribution < -0.4 is 5.73 Å². The van der Waals surface area contributed by atoms with E-state index in [1.165, 1.54) is 38.5 Å². The third kappa shape index (κ3) is 1.18. The Hall–Kier alpha value is 0.250. The van der Waals surface area contributed by atoms with Crippen LogP contribution in [0.5, 0.6) is 0 Å². The van der Waals surface area contributed by atoms with Gasteiger partial charge in [-0.05, 0) is 55.3 Å². The monoisotopic (exact) mass is 215 g/mol. The number of nitrogens with two attached hydrogens (primary N) is 1. The van der Waals surface area contributed by atoms with Crippen LogP contribution in [0.25, 0.3) is 0 Å². The lowest BCUT2D eigenvalue weighted by atomic mass is 9.68. The van der Waals surface area contributed by atoms with Crippen molar-refractivity contribution in [2.75, 3.05) is 0 Å². The van der Waals surface area contributed by atoms with Crippen LogP contribution in [0.3, 0.4) is 0 Å². The largest absolute Gasteiger partial charge is 0.327 e. The molecular formula is C12H22ClN. The van der Waals surface area contributed by atoms with Crippen LogP contribution in [0.2, 0.25) is 0 Å². The number of rotatable bonds is 0. The first-order valence-electron chi connectivity index (χ1n) is 5.98. The van der Waals surface area contributed by atoms with Crippen molar-refractivity contribution in [1.82, 2.24) is 0 Å². The highest BCUT2D eigenvalue weighted by Gasteiger charge is 2.58. The Morgan fingerprint density at radius 1 is 1.21 bits per heavy atom. The van der Waals surface area contributed by atoms with Gasteiger partial charge in [-0.3, -0.25) is 0 Å². The molecular weight excluding hydrogens is 194 g/mol. The van der Waals surface area contributed by atoms with Crippen LogP contribution in [0.1, 0.15) is 45.4 Å². The molecule has 5 atom stereocenters. The predicted molar refractivity (Wildman–Crippen MR) is 61.5 cm³/mol. The average molecular weight is 216 g/mol. The first-order chi connectivity index (χ1) is 6.22. The standard InChI is InChI=1S/C12H21N.ClH/c1-8-4-5-12(7-8)10-3-2-9(6-10)11(12)13;/h8-11H,2-7,13H2,1H3;1H/t8-,9+,10-,11+,12+;/m1./s1. The molecule has 3 saturated carbocycles. The van der Waals surface area contributed by atoms with E-state index >= 15 is 0 Å². The van der Waals surface area contributed by atoms with E-state index in [2.05, 4.69) is 6.92 Å². The summed E-state index contributed by atoms with van der Waals surface area (Å²) in [7, 11) is 0. The zero-order chi connectivity index (χ0) is 9.05. The molecule has 0 heterocycles. The molecule has 0 aromatic rings. The normalized spacial score (nSPS) is 55.3. The molecule has 0 amide bonds. The first kappa shape index (κ1) is 10.8. The molecule has 0 aliphatic heterocycles. The summed E-state index contributed by atoms with van der Waals surface area (Å²) in [6.45, 7) is 2.41. The highest BCUT2D eigenvalue weighted by molar-refractivity contribution is 5.85. The number of halogens is 1. The van der Waals surface area contributed by atoms with Gasteiger partial charge >= 0.3 is 0 Å². The van der Waals surface area contributed by atoms with E-state index in [0.29, 0.717) is 11.5 Å². The molecule has 2 bridgehead atoms. The van der Waals surface area contributed by atoms with Crippen molar-refractivity contribution in [1.29, 1.82) is 0 Å². The van der Waals surface area contributed by atoms with Gasteiger partial charge in [0.05, 0.1) is 0 Å². The maximum absolute atomic E-state index is 6.42. The van der Waals surface area contributed by atoms with Gasteiger partial charge in [-0.15, -0.1) is 12.4 Å². The van der Waals surface area contributed by atoms with Gasteiger partial charge in [0, 0.05) is 6.04 Å². The SMILES string of the molecule is C[C@@H]1CC[C@]2(C1)[C@@H]1CC[C@@H](C1)[C@@H]2N.Cl. The fourth-order valence-corrected chi connectivity index (χ4v) is 4.65. The van der Waals surface area contributed by atoms with E-state index in [4.69, 9.17) is 5.73 Å². The Balaban J connectivity index is 0.000000750. The first-order valence-corrected chi connectivity index (χ1v) is 5.98. The van der Waals surface area contributed by atoms with Crippen LogP contribution in [-0.4, -0.2) is 6.04 Å². The quantitative estimate of drug-likeness (QED) is 0.661. The van der Waals surface area contributed by atoms with Crippen molar-refractivity contribution >= 4 is 12.4 Å². The number of hydrogen-bond donors (Lipinski definition) is 1. The summed E-state index contributed by atoms with van der Waals surface area (Å²) < 4.78 is 0. The minimum absolute atomic E-state index is 0. The molecule has 1 nitrogen and oxygen atoms in total. The lowest BCUT2D eigenvalue weighted by Gasteiger charge is -2.39. The highest BCUT2D eigenvalue weighted by Crippen LogP contribution is 2.62. The summed E-state index contributed by atoms with van der Waals surface area (Å²) in [6, 6.07) is 0.566. The molecule has 3 aliphatic rings. The van der Waals surface area contributed by atoms with Crippen LogP contribution in [0, 0.1) is 23.2 Å². The van der Waals surface area contributed by atoms with Crippen LogP contribution in [0.15, 0.2) is 0 Å². The second kappa shape index (κ2) is 3.38. The minimum atomic E-state index is 0. The van der Waals surface area contributed by atoms with Crippen LogP contribution >= 0.6 is 12.4 Å². The third-order valence-electron chi connectivity index (χ3n) is 5.29. The molecule has 3 rings (SSSR count). The maximum atomic E-state index is 6.42. The molecule has 3 aliphatic carbocycles. The highest BCUT2D eigenvalue weighted by atomic mass is 35.5. The third-order valence-corrected chi connectivity index (χ3v) is 5.29. The zero-order valence-corrected chi connectivity index (χ0v) is 9.85. The lowest BCUT2D eigenvalue weighted by Crippen LogP contribution is -2.44. The van der Waals surface area contributed by atoms with Crippen LogP contribution in [-0.2, 0) is 0 Å². The van der Waals surface area contributed by atoms with Crippen molar-refractivity contribution in [2.45, 2.75) is 51.5 Å². The van der Waals surface area contributed by atoms with E-state index in [0.717, 1.165) is 17.8 Å². The van der Waals surface area contributed by atoms with E-state index in [-0.39, 0.29) is 12.4 Å². The Labute approximate surface area is 93.2 Å². The molecule has 3 fully saturated rings. The van der Waals surface area contributed by atoms with Gasteiger partial charge in [0.1, 0.15) is 0 Å². The van der Waals surface area contributed by atoms with Gasteiger partial charge in [0.15, 0.2) is 0 Å². The van der Waals surface area contributed by atoms with Gasteiger partial charge < -0.3 is 5.73 Å². The summed E-state index contributed by atoms with van der Waals surface area (Å²) in [5.74, 6) is 2.86. The summed E-state index contributed by atoms with van der Waals surface area (Å²) in [4.78, 5) is 0. The maximum Gasteiger partial charge on any atom is 0.0127 e. The topological polar surface area (TPSA) is 26.0 Å². The van der Waals surface area contributed by atoms with E-state index < -0.39 is 0 Å². The molecule has 2 N–H and O–H groups in total. The fourth-order valence-electron chi connectivity index (χ4n) is 4.65. The number of hydrogen-bond acceptors (Lipinski definition) is 1. The Kier molecular flexibility index (Phi) is 2.60. The van der Waals surface area contributed by atoms with Gasteiger partial charge in [-0.1, -0.05) is 13.3 Å². The summed E-state index contributed by atoms with van der Waals surface area (Å²) in [5.41, 5.74) is 7.04. The fraction of sp³-hybridized carbons (Fsp3) is 1.00. The molecule has 2 heteroatoms. The van der Waals surface area contributed by atoms with Crippen LogP contribution in [0.4, 0.5) is 0 Å². The summed E-state index contributed by atoms with van der Waals surface area (Å²) >= 11 is 0. The zero-order valence-electron chi connectivity index (χ0n) is 9.04. The second-order valence-corrected chi connectivity index (χ2v) is 5.88. The Bertz CT molecular complexity index is 226. The van der Waals surface area contributed by atoms with Gasteiger partial charge in [-0.25, -0.2) is 0 Å².